The smallest absolute Gasteiger partial charge is 0.273 e. The number of methoxy groups -OCH3 is 1. The SMILES string of the molecule is COc1cc(C2c3c(-c4ccccc4)n[nH]c3C(=O)N2C2CC2)ccc1O. The number of ether oxygens (including phenoxy) is 1. The summed E-state index contributed by atoms with van der Waals surface area (Å²) in [6.45, 7) is 0. The van der Waals surface area contributed by atoms with E-state index in [9.17, 15) is 9.90 Å². The van der Waals surface area contributed by atoms with Crippen LogP contribution >= 0.6 is 0 Å². The number of phenolic OH excluding ortho intramolecular Hbond substituents is 1. The number of aromatic amines is 1. The number of carbonyl (C=O) groups excluding carboxylic acids is 1. The highest BCUT2D eigenvalue weighted by Gasteiger charge is 2.48. The molecule has 1 unspecified atom stereocenters. The van der Waals surface area contributed by atoms with Crippen LogP contribution in [-0.2, 0) is 0 Å². The van der Waals surface area contributed by atoms with Crippen molar-refractivity contribution in [1.29, 1.82) is 0 Å². The predicted octanol–water partition coefficient (Wildman–Crippen LogP) is 3.50. The maximum Gasteiger partial charge on any atom is 0.273 e. The first kappa shape index (κ1) is 15.9. The Labute approximate surface area is 156 Å². The number of nitrogens with one attached hydrogen (secondary N) is 1. The van der Waals surface area contributed by atoms with Gasteiger partial charge >= 0.3 is 0 Å². The minimum Gasteiger partial charge on any atom is -0.504 e. The van der Waals surface area contributed by atoms with Crippen molar-refractivity contribution in [3.8, 4) is 22.8 Å². The average molecular weight is 361 g/mol. The zero-order chi connectivity index (χ0) is 18.5. The summed E-state index contributed by atoms with van der Waals surface area (Å²) in [5.41, 5.74) is 4.11. The number of carbonyl (C=O) groups is 1. The summed E-state index contributed by atoms with van der Waals surface area (Å²) in [5.74, 6) is 0.465. The fourth-order valence-corrected chi connectivity index (χ4v) is 3.90. The van der Waals surface area contributed by atoms with E-state index in [-0.39, 0.29) is 23.7 Å². The summed E-state index contributed by atoms with van der Waals surface area (Å²) < 4.78 is 5.29. The van der Waals surface area contributed by atoms with Gasteiger partial charge < -0.3 is 14.7 Å². The van der Waals surface area contributed by atoms with Crippen molar-refractivity contribution in [2.24, 2.45) is 0 Å². The van der Waals surface area contributed by atoms with Crippen LogP contribution in [0.3, 0.4) is 0 Å². The van der Waals surface area contributed by atoms with Crippen LogP contribution in [0.15, 0.2) is 48.5 Å². The number of hydrogen-bond acceptors (Lipinski definition) is 4. The van der Waals surface area contributed by atoms with Crippen molar-refractivity contribution in [3.63, 3.8) is 0 Å². The second kappa shape index (κ2) is 5.87. The van der Waals surface area contributed by atoms with E-state index in [0.29, 0.717) is 11.4 Å². The molecule has 1 aromatic heterocycles. The van der Waals surface area contributed by atoms with Crippen molar-refractivity contribution in [2.45, 2.75) is 24.9 Å². The first-order valence-electron chi connectivity index (χ1n) is 9.02. The van der Waals surface area contributed by atoms with Crippen molar-refractivity contribution >= 4 is 5.91 Å². The van der Waals surface area contributed by atoms with E-state index in [1.54, 1.807) is 12.1 Å². The van der Waals surface area contributed by atoms with Gasteiger partial charge in [-0.3, -0.25) is 9.89 Å². The van der Waals surface area contributed by atoms with E-state index >= 15 is 0 Å². The predicted molar refractivity (Wildman–Crippen MR) is 99.7 cm³/mol. The monoisotopic (exact) mass is 361 g/mol. The molecule has 6 heteroatoms. The molecule has 2 aromatic carbocycles. The molecule has 1 atom stereocenters. The highest BCUT2D eigenvalue weighted by Crippen LogP contribution is 2.48. The number of phenols is 1. The lowest BCUT2D eigenvalue weighted by atomic mass is 9.95. The molecule has 2 aliphatic rings. The van der Waals surface area contributed by atoms with Gasteiger partial charge in [0.15, 0.2) is 11.5 Å². The lowest BCUT2D eigenvalue weighted by Gasteiger charge is -2.26. The van der Waals surface area contributed by atoms with Crippen molar-refractivity contribution in [3.05, 3.63) is 65.4 Å². The number of aromatic nitrogens is 2. The third kappa shape index (κ3) is 2.40. The maximum absolute atomic E-state index is 13.1. The summed E-state index contributed by atoms with van der Waals surface area (Å²) in [4.78, 5) is 15.0. The molecule has 1 saturated carbocycles. The van der Waals surface area contributed by atoms with E-state index < -0.39 is 0 Å². The molecule has 0 radical (unpaired) electrons. The fourth-order valence-electron chi connectivity index (χ4n) is 3.90. The molecule has 1 aliphatic carbocycles. The van der Waals surface area contributed by atoms with Crippen LogP contribution in [0, 0.1) is 0 Å². The molecule has 2 N–H and O–H groups in total. The number of aromatic hydroxyl groups is 1. The molecular weight excluding hydrogens is 342 g/mol. The van der Waals surface area contributed by atoms with Gasteiger partial charge in [0.05, 0.1) is 18.8 Å². The molecule has 0 spiro atoms. The molecule has 5 rings (SSSR count). The van der Waals surface area contributed by atoms with E-state index in [2.05, 4.69) is 10.2 Å². The first-order valence-corrected chi connectivity index (χ1v) is 9.02. The van der Waals surface area contributed by atoms with Gasteiger partial charge in [-0.2, -0.15) is 5.10 Å². The van der Waals surface area contributed by atoms with Gasteiger partial charge in [0.1, 0.15) is 5.69 Å². The highest BCUT2D eigenvalue weighted by molar-refractivity contribution is 6.00. The Bertz CT molecular complexity index is 1020. The molecule has 3 aromatic rings. The van der Waals surface area contributed by atoms with Crippen LogP contribution < -0.4 is 4.74 Å². The number of hydrogen-bond donors (Lipinski definition) is 2. The Balaban J connectivity index is 1.70. The summed E-state index contributed by atoms with van der Waals surface area (Å²) in [7, 11) is 1.52. The average Bonchev–Trinajstić information content (AvgIpc) is 3.37. The normalized spacial score (nSPS) is 18.6. The lowest BCUT2D eigenvalue weighted by Crippen LogP contribution is -2.31. The zero-order valence-electron chi connectivity index (χ0n) is 14.8. The van der Waals surface area contributed by atoms with E-state index in [1.807, 2.05) is 41.3 Å². The maximum atomic E-state index is 13.1. The Morgan fingerprint density at radius 2 is 1.96 bits per heavy atom. The Hall–Kier alpha value is -3.28. The Kier molecular flexibility index (Phi) is 3.47. The summed E-state index contributed by atoms with van der Waals surface area (Å²) in [6.07, 6.45) is 2.02. The molecule has 1 amide bonds. The molecule has 27 heavy (non-hydrogen) atoms. The van der Waals surface area contributed by atoms with E-state index in [4.69, 9.17) is 4.74 Å². The van der Waals surface area contributed by atoms with Gasteiger partial charge in [-0.15, -0.1) is 0 Å². The minimum absolute atomic E-state index is 0.0146. The van der Waals surface area contributed by atoms with Gasteiger partial charge in [-0.05, 0) is 30.5 Å². The van der Waals surface area contributed by atoms with Crippen LogP contribution in [-0.4, -0.2) is 39.3 Å². The van der Waals surface area contributed by atoms with Crippen molar-refractivity contribution < 1.29 is 14.6 Å². The van der Waals surface area contributed by atoms with Crippen LogP contribution in [0.4, 0.5) is 0 Å². The third-order valence-electron chi connectivity index (χ3n) is 5.31. The number of fused-ring (bicyclic) bond motifs is 1. The Morgan fingerprint density at radius 3 is 2.67 bits per heavy atom. The van der Waals surface area contributed by atoms with Gasteiger partial charge in [-0.25, -0.2) is 0 Å². The summed E-state index contributed by atoms with van der Waals surface area (Å²) >= 11 is 0. The minimum atomic E-state index is -0.247. The van der Waals surface area contributed by atoms with Gasteiger partial charge in [-0.1, -0.05) is 36.4 Å². The molecule has 0 saturated heterocycles. The quantitative estimate of drug-likeness (QED) is 0.745. The van der Waals surface area contributed by atoms with Crippen molar-refractivity contribution in [2.75, 3.05) is 7.11 Å². The second-order valence-electron chi connectivity index (χ2n) is 7.00. The second-order valence-corrected chi connectivity index (χ2v) is 7.00. The van der Waals surface area contributed by atoms with Crippen LogP contribution in [0.1, 0.15) is 40.5 Å². The number of nitrogens with zero attached hydrogens (tertiary/aromatic N) is 2. The summed E-state index contributed by atoms with van der Waals surface area (Å²) in [6, 6.07) is 15.1. The zero-order valence-corrected chi connectivity index (χ0v) is 14.8. The largest absolute Gasteiger partial charge is 0.504 e. The molecule has 1 aliphatic heterocycles. The molecule has 6 nitrogen and oxygen atoms in total. The van der Waals surface area contributed by atoms with Crippen LogP contribution in [0.5, 0.6) is 11.5 Å². The topological polar surface area (TPSA) is 78.5 Å². The highest BCUT2D eigenvalue weighted by atomic mass is 16.5. The summed E-state index contributed by atoms with van der Waals surface area (Å²) in [5, 5.41) is 17.4. The molecule has 136 valence electrons. The fraction of sp³-hybridized carbons (Fsp3) is 0.238. The molecule has 2 heterocycles. The van der Waals surface area contributed by atoms with E-state index in [1.165, 1.54) is 7.11 Å². The van der Waals surface area contributed by atoms with Crippen molar-refractivity contribution in [1.82, 2.24) is 15.1 Å². The number of benzene rings is 2. The van der Waals surface area contributed by atoms with E-state index in [0.717, 1.165) is 35.2 Å². The van der Waals surface area contributed by atoms with Gasteiger partial charge in [0, 0.05) is 17.2 Å². The van der Waals surface area contributed by atoms with Gasteiger partial charge in [0.25, 0.3) is 5.91 Å². The Morgan fingerprint density at radius 1 is 1.19 bits per heavy atom. The molecule has 1 fully saturated rings. The van der Waals surface area contributed by atoms with Gasteiger partial charge in [0.2, 0.25) is 0 Å². The lowest BCUT2D eigenvalue weighted by molar-refractivity contribution is 0.0729. The number of H-pyrrole nitrogens is 1. The third-order valence-corrected chi connectivity index (χ3v) is 5.31. The number of amides is 1. The standard InChI is InChI=1S/C21H19N3O3/c1-27-16-11-13(7-10-15(16)25)20-17-18(12-5-3-2-4-6-12)22-23-19(17)21(26)24(20)14-8-9-14/h2-7,10-11,14,20,25H,8-9H2,1H3,(H,22,23). The molecular formula is C21H19N3O3. The van der Waals surface area contributed by atoms with Crippen LogP contribution in [0.25, 0.3) is 11.3 Å². The molecule has 0 bridgehead atoms. The first-order chi connectivity index (χ1) is 13.2. The number of rotatable bonds is 4. The van der Waals surface area contributed by atoms with Crippen LogP contribution in [0.2, 0.25) is 0 Å².